The van der Waals surface area contributed by atoms with Crippen LogP contribution >= 0.6 is 0 Å². The Bertz CT molecular complexity index is 947. The molecule has 0 aliphatic heterocycles. The van der Waals surface area contributed by atoms with Crippen molar-refractivity contribution in [2.24, 2.45) is 10.7 Å². The van der Waals surface area contributed by atoms with Gasteiger partial charge in [-0.3, -0.25) is 10.1 Å². The standard InChI is InChI=1S/C20H20N4O/c1-13(2)14-6-5-7-15(10-14)18-11-19(24-20(21)22-12-25)16-8-3-4-9-17(16)23-18/h3-13H,1-2H3,(H3,21,22,23,24,25). The highest BCUT2D eigenvalue weighted by Crippen LogP contribution is 2.31. The molecule has 0 fully saturated rings. The molecule has 1 heterocycles. The smallest absolute Gasteiger partial charge is 0.213 e. The van der Waals surface area contributed by atoms with Gasteiger partial charge in [0.2, 0.25) is 6.41 Å². The average Bonchev–Trinajstić information content (AvgIpc) is 2.62. The van der Waals surface area contributed by atoms with E-state index >= 15 is 0 Å². The van der Waals surface area contributed by atoms with Crippen molar-refractivity contribution in [2.75, 3.05) is 0 Å². The van der Waals surface area contributed by atoms with E-state index in [1.807, 2.05) is 42.5 Å². The third kappa shape index (κ3) is 3.66. The Labute approximate surface area is 146 Å². The van der Waals surface area contributed by atoms with E-state index in [9.17, 15) is 4.79 Å². The Kier molecular flexibility index (Phi) is 4.75. The van der Waals surface area contributed by atoms with Gasteiger partial charge in [0.1, 0.15) is 0 Å². The zero-order valence-electron chi connectivity index (χ0n) is 14.2. The predicted octanol–water partition coefficient (Wildman–Crippen LogP) is 3.72. The fourth-order valence-corrected chi connectivity index (χ4v) is 2.68. The summed E-state index contributed by atoms with van der Waals surface area (Å²) in [6.45, 7) is 4.32. The zero-order chi connectivity index (χ0) is 17.8. The predicted molar refractivity (Wildman–Crippen MR) is 102 cm³/mol. The number of hydrogen-bond acceptors (Lipinski definition) is 3. The molecule has 126 valence electrons. The summed E-state index contributed by atoms with van der Waals surface area (Å²) >= 11 is 0. The second-order valence-corrected chi connectivity index (χ2v) is 6.08. The average molecular weight is 332 g/mol. The van der Waals surface area contributed by atoms with Crippen LogP contribution in [-0.2, 0) is 4.79 Å². The molecule has 0 atom stereocenters. The van der Waals surface area contributed by atoms with Gasteiger partial charge >= 0.3 is 0 Å². The van der Waals surface area contributed by atoms with Crippen molar-refractivity contribution in [1.82, 2.24) is 10.3 Å². The number of nitrogens with one attached hydrogen (secondary N) is 1. The lowest BCUT2D eigenvalue weighted by Gasteiger charge is -2.10. The van der Waals surface area contributed by atoms with Crippen LogP contribution in [0.1, 0.15) is 25.3 Å². The number of aliphatic imine (C=N–C) groups is 1. The Morgan fingerprint density at radius 2 is 1.96 bits per heavy atom. The van der Waals surface area contributed by atoms with E-state index in [-0.39, 0.29) is 5.96 Å². The van der Waals surface area contributed by atoms with Gasteiger partial charge < -0.3 is 5.73 Å². The van der Waals surface area contributed by atoms with Crippen molar-refractivity contribution in [1.29, 1.82) is 0 Å². The lowest BCUT2D eigenvalue weighted by Crippen LogP contribution is -2.29. The molecule has 0 unspecified atom stereocenters. The SMILES string of the molecule is CC(C)c1cccc(-c2cc(N=C(N)NC=O)c3ccccc3n2)c1. The number of carbonyl (C=O) groups is 1. The summed E-state index contributed by atoms with van der Waals surface area (Å²) in [6, 6.07) is 17.9. The van der Waals surface area contributed by atoms with Gasteiger partial charge in [0.25, 0.3) is 0 Å². The highest BCUT2D eigenvalue weighted by molar-refractivity contribution is 5.97. The molecular weight excluding hydrogens is 312 g/mol. The molecule has 1 aromatic heterocycles. The molecule has 5 nitrogen and oxygen atoms in total. The number of fused-ring (bicyclic) bond motifs is 1. The van der Waals surface area contributed by atoms with Gasteiger partial charge in [-0.25, -0.2) is 9.98 Å². The summed E-state index contributed by atoms with van der Waals surface area (Å²) in [6.07, 6.45) is 0.509. The van der Waals surface area contributed by atoms with E-state index in [1.54, 1.807) is 0 Å². The van der Waals surface area contributed by atoms with Gasteiger partial charge in [0, 0.05) is 10.9 Å². The first kappa shape index (κ1) is 16.6. The highest BCUT2D eigenvalue weighted by atomic mass is 16.1. The summed E-state index contributed by atoms with van der Waals surface area (Å²) in [7, 11) is 0. The molecule has 1 amide bonds. The molecule has 3 rings (SSSR count). The second-order valence-electron chi connectivity index (χ2n) is 6.08. The molecule has 0 saturated carbocycles. The normalized spacial score (nSPS) is 11.7. The quantitative estimate of drug-likeness (QED) is 0.434. The van der Waals surface area contributed by atoms with Crippen LogP contribution in [0.25, 0.3) is 22.2 Å². The molecule has 0 aliphatic carbocycles. The van der Waals surface area contributed by atoms with E-state index < -0.39 is 0 Å². The van der Waals surface area contributed by atoms with Gasteiger partial charge in [-0.2, -0.15) is 0 Å². The molecule has 0 aliphatic rings. The number of pyridine rings is 1. The second kappa shape index (κ2) is 7.13. The first-order valence-corrected chi connectivity index (χ1v) is 8.13. The van der Waals surface area contributed by atoms with Crippen LogP contribution in [0, 0.1) is 0 Å². The van der Waals surface area contributed by atoms with Crippen molar-refractivity contribution in [3.8, 4) is 11.3 Å². The molecule has 0 saturated heterocycles. The third-order valence-electron chi connectivity index (χ3n) is 3.99. The maximum atomic E-state index is 10.6. The van der Waals surface area contributed by atoms with Crippen molar-refractivity contribution in [3.63, 3.8) is 0 Å². The number of amides is 1. The summed E-state index contributed by atoms with van der Waals surface area (Å²) in [5.41, 5.74) is 10.3. The number of carbonyl (C=O) groups excluding carboxylic acids is 1. The Morgan fingerprint density at radius 3 is 2.72 bits per heavy atom. The fraction of sp³-hybridized carbons (Fsp3) is 0.150. The highest BCUT2D eigenvalue weighted by Gasteiger charge is 2.09. The molecule has 0 bridgehead atoms. The number of para-hydroxylation sites is 1. The summed E-state index contributed by atoms with van der Waals surface area (Å²) in [4.78, 5) is 19.7. The number of nitrogens with zero attached hydrogens (tertiary/aromatic N) is 2. The lowest BCUT2D eigenvalue weighted by molar-refractivity contribution is -0.108. The van der Waals surface area contributed by atoms with E-state index in [0.29, 0.717) is 18.0 Å². The molecule has 0 spiro atoms. The summed E-state index contributed by atoms with van der Waals surface area (Å²) in [5.74, 6) is 0.485. The largest absolute Gasteiger partial charge is 0.369 e. The third-order valence-corrected chi connectivity index (χ3v) is 3.99. The van der Waals surface area contributed by atoms with E-state index in [2.05, 4.69) is 36.3 Å². The minimum absolute atomic E-state index is 0.0493. The number of nitrogens with two attached hydrogens (primary N) is 1. The van der Waals surface area contributed by atoms with Crippen LogP contribution in [-0.4, -0.2) is 17.4 Å². The molecule has 0 radical (unpaired) electrons. The topological polar surface area (TPSA) is 80.4 Å². The van der Waals surface area contributed by atoms with Crippen LogP contribution in [0.3, 0.4) is 0 Å². The van der Waals surface area contributed by atoms with E-state index in [1.165, 1.54) is 5.56 Å². The molecular formula is C20H20N4O. The van der Waals surface area contributed by atoms with Gasteiger partial charge in [-0.15, -0.1) is 0 Å². The van der Waals surface area contributed by atoms with Gasteiger partial charge in [0.15, 0.2) is 5.96 Å². The lowest BCUT2D eigenvalue weighted by atomic mass is 9.99. The van der Waals surface area contributed by atoms with Gasteiger partial charge in [0.05, 0.1) is 16.9 Å². The number of rotatable bonds is 4. The Morgan fingerprint density at radius 1 is 1.16 bits per heavy atom. The molecule has 3 aromatic rings. The minimum atomic E-state index is 0.0493. The Hall–Kier alpha value is -3.21. The van der Waals surface area contributed by atoms with Crippen LogP contribution in [0.2, 0.25) is 0 Å². The van der Waals surface area contributed by atoms with Crippen LogP contribution in [0.5, 0.6) is 0 Å². The fourth-order valence-electron chi connectivity index (χ4n) is 2.68. The van der Waals surface area contributed by atoms with Crippen molar-refractivity contribution in [3.05, 3.63) is 60.2 Å². The maximum Gasteiger partial charge on any atom is 0.213 e. The number of hydrogen-bond donors (Lipinski definition) is 2. The van der Waals surface area contributed by atoms with Crippen LogP contribution in [0.15, 0.2) is 59.6 Å². The van der Waals surface area contributed by atoms with Gasteiger partial charge in [-0.05, 0) is 29.7 Å². The van der Waals surface area contributed by atoms with Crippen LogP contribution < -0.4 is 11.1 Å². The number of benzene rings is 2. The first-order chi connectivity index (χ1) is 12.1. The first-order valence-electron chi connectivity index (χ1n) is 8.13. The van der Waals surface area contributed by atoms with E-state index in [0.717, 1.165) is 22.2 Å². The molecule has 25 heavy (non-hydrogen) atoms. The molecule has 3 N–H and O–H groups in total. The monoisotopic (exact) mass is 332 g/mol. The van der Waals surface area contributed by atoms with E-state index in [4.69, 9.17) is 10.7 Å². The van der Waals surface area contributed by atoms with Crippen molar-refractivity contribution < 1.29 is 4.79 Å². The number of guanidine groups is 1. The van der Waals surface area contributed by atoms with Crippen molar-refractivity contribution in [2.45, 2.75) is 19.8 Å². The number of aromatic nitrogens is 1. The van der Waals surface area contributed by atoms with Crippen LogP contribution in [0.4, 0.5) is 5.69 Å². The molecule has 2 aromatic carbocycles. The Balaban J connectivity index is 2.18. The maximum absolute atomic E-state index is 10.6. The zero-order valence-corrected chi connectivity index (χ0v) is 14.2. The minimum Gasteiger partial charge on any atom is -0.369 e. The summed E-state index contributed by atoms with van der Waals surface area (Å²) in [5, 5.41) is 3.25. The van der Waals surface area contributed by atoms with Gasteiger partial charge in [-0.1, -0.05) is 50.2 Å². The molecule has 5 heteroatoms. The summed E-state index contributed by atoms with van der Waals surface area (Å²) < 4.78 is 0. The van der Waals surface area contributed by atoms with Crippen molar-refractivity contribution >= 4 is 29.0 Å².